The van der Waals surface area contributed by atoms with Crippen molar-refractivity contribution >= 4 is 23.2 Å². The Morgan fingerprint density at radius 1 is 1.33 bits per heavy atom. The molecule has 0 fully saturated rings. The van der Waals surface area contributed by atoms with Crippen molar-refractivity contribution in [3.05, 3.63) is 35.3 Å². The van der Waals surface area contributed by atoms with E-state index in [0.717, 1.165) is 11.4 Å². The van der Waals surface area contributed by atoms with Crippen LogP contribution in [0.2, 0.25) is 0 Å². The molecule has 3 heterocycles. The number of nitrogens with one attached hydrogen (secondary N) is 1. The summed E-state index contributed by atoms with van der Waals surface area (Å²) in [5, 5.41) is 6.18. The van der Waals surface area contributed by atoms with E-state index >= 15 is 0 Å². The first kappa shape index (κ1) is 13.4. The number of nitrogen functional groups attached to an aromatic ring is 1. The van der Waals surface area contributed by atoms with Gasteiger partial charge in [0.15, 0.2) is 0 Å². The van der Waals surface area contributed by atoms with Crippen molar-refractivity contribution in [2.75, 3.05) is 11.1 Å². The zero-order valence-electron chi connectivity index (χ0n) is 11.3. The number of hydrogen-bond acceptors (Lipinski definition) is 8. The zero-order valence-corrected chi connectivity index (χ0v) is 12.2. The SMILES string of the molecule is CCC(Nc1nc(N)nc(-n2ccnc2)n1)c1nccs1. The van der Waals surface area contributed by atoms with Gasteiger partial charge < -0.3 is 11.1 Å². The first-order valence-electron chi connectivity index (χ1n) is 6.42. The van der Waals surface area contributed by atoms with Crippen LogP contribution in [0.4, 0.5) is 11.9 Å². The Hall–Kier alpha value is -2.55. The van der Waals surface area contributed by atoms with Crippen LogP contribution in [0.3, 0.4) is 0 Å². The van der Waals surface area contributed by atoms with Crippen LogP contribution in [0.25, 0.3) is 5.95 Å². The Morgan fingerprint density at radius 2 is 2.24 bits per heavy atom. The number of thiazole rings is 1. The van der Waals surface area contributed by atoms with Gasteiger partial charge in [-0.15, -0.1) is 11.3 Å². The molecule has 0 radical (unpaired) electrons. The van der Waals surface area contributed by atoms with Gasteiger partial charge in [0.1, 0.15) is 11.3 Å². The molecule has 0 saturated carbocycles. The first-order valence-corrected chi connectivity index (χ1v) is 7.30. The van der Waals surface area contributed by atoms with Crippen LogP contribution in [-0.4, -0.2) is 29.5 Å². The molecule has 0 amide bonds. The molecule has 8 nitrogen and oxygen atoms in total. The Labute approximate surface area is 125 Å². The highest BCUT2D eigenvalue weighted by atomic mass is 32.1. The second-order valence-electron chi connectivity index (χ2n) is 4.26. The Kier molecular flexibility index (Phi) is 3.73. The zero-order chi connectivity index (χ0) is 14.7. The van der Waals surface area contributed by atoms with E-state index in [4.69, 9.17) is 5.73 Å². The second kappa shape index (κ2) is 5.83. The van der Waals surface area contributed by atoms with Crippen molar-refractivity contribution in [2.45, 2.75) is 19.4 Å². The topological polar surface area (TPSA) is 107 Å². The van der Waals surface area contributed by atoms with Crippen molar-refractivity contribution in [2.24, 2.45) is 0 Å². The summed E-state index contributed by atoms with van der Waals surface area (Å²) in [5.74, 6) is 1.01. The number of anilines is 2. The average Bonchev–Trinajstić information content (AvgIpc) is 3.16. The minimum atomic E-state index is 0.0439. The van der Waals surface area contributed by atoms with Crippen LogP contribution >= 0.6 is 11.3 Å². The van der Waals surface area contributed by atoms with Crippen molar-refractivity contribution < 1.29 is 0 Å². The summed E-state index contributed by atoms with van der Waals surface area (Å²) < 4.78 is 1.67. The van der Waals surface area contributed by atoms with Gasteiger partial charge >= 0.3 is 0 Å². The molecule has 0 spiro atoms. The monoisotopic (exact) mass is 302 g/mol. The van der Waals surface area contributed by atoms with Crippen LogP contribution in [-0.2, 0) is 0 Å². The molecule has 3 aromatic rings. The number of imidazole rings is 1. The summed E-state index contributed by atoms with van der Waals surface area (Å²) in [6, 6.07) is 0.0439. The molecule has 3 aromatic heterocycles. The smallest absolute Gasteiger partial charge is 0.241 e. The third-order valence-corrected chi connectivity index (χ3v) is 3.73. The van der Waals surface area contributed by atoms with Gasteiger partial charge in [0, 0.05) is 24.0 Å². The molecule has 0 aromatic carbocycles. The molecule has 0 aliphatic heterocycles. The second-order valence-corrected chi connectivity index (χ2v) is 5.19. The Morgan fingerprint density at radius 3 is 2.90 bits per heavy atom. The lowest BCUT2D eigenvalue weighted by atomic mass is 10.2. The maximum Gasteiger partial charge on any atom is 0.241 e. The number of rotatable bonds is 5. The molecule has 3 rings (SSSR count). The molecule has 0 aliphatic rings. The van der Waals surface area contributed by atoms with Crippen molar-refractivity contribution in [3.63, 3.8) is 0 Å². The van der Waals surface area contributed by atoms with Gasteiger partial charge in [-0.1, -0.05) is 6.92 Å². The number of hydrogen-bond donors (Lipinski definition) is 2. The summed E-state index contributed by atoms with van der Waals surface area (Å²) in [4.78, 5) is 20.9. The number of aromatic nitrogens is 6. The minimum Gasteiger partial charge on any atom is -0.368 e. The predicted molar refractivity (Wildman–Crippen MR) is 80.1 cm³/mol. The highest BCUT2D eigenvalue weighted by Crippen LogP contribution is 2.22. The van der Waals surface area contributed by atoms with E-state index in [-0.39, 0.29) is 12.0 Å². The van der Waals surface area contributed by atoms with Gasteiger partial charge in [-0.05, 0) is 6.42 Å². The van der Waals surface area contributed by atoms with Crippen molar-refractivity contribution in [1.29, 1.82) is 0 Å². The van der Waals surface area contributed by atoms with Crippen LogP contribution in [0.15, 0.2) is 30.3 Å². The van der Waals surface area contributed by atoms with E-state index in [9.17, 15) is 0 Å². The fourth-order valence-corrected chi connectivity index (χ4v) is 2.61. The molecule has 1 unspecified atom stereocenters. The van der Waals surface area contributed by atoms with Crippen molar-refractivity contribution in [1.82, 2.24) is 29.5 Å². The lowest BCUT2D eigenvalue weighted by Crippen LogP contribution is -2.15. The molecule has 0 aliphatic carbocycles. The quantitative estimate of drug-likeness (QED) is 0.738. The van der Waals surface area contributed by atoms with Gasteiger partial charge in [-0.3, -0.25) is 4.57 Å². The van der Waals surface area contributed by atoms with E-state index in [1.807, 2.05) is 5.38 Å². The van der Waals surface area contributed by atoms with Crippen LogP contribution in [0.1, 0.15) is 24.4 Å². The number of nitrogens with zero attached hydrogens (tertiary/aromatic N) is 6. The van der Waals surface area contributed by atoms with E-state index < -0.39 is 0 Å². The molecule has 0 bridgehead atoms. The van der Waals surface area contributed by atoms with E-state index in [2.05, 4.69) is 37.2 Å². The number of nitrogens with two attached hydrogens (primary N) is 1. The summed E-state index contributed by atoms with van der Waals surface area (Å²) in [7, 11) is 0. The van der Waals surface area contributed by atoms with Gasteiger partial charge in [0.2, 0.25) is 17.8 Å². The van der Waals surface area contributed by atoms with Gasteiger partial charge in [-0.2, -0.15) is 15.0 Å². The standard InChI is InChI=1S/C12H14N8S/c1-2-8(9-15-4-6-21-9)16-11-17-10(13)18-12(19-11)20-5-3-14-7-20/h3-8H,2H2,1H3,(H3,13,16,17,18,19). The fraction of sp³-hybridized carbons (Fsp3) is 0.250. The molecule has 1 atom stereocenters. The molecule has 9 heteroatoms. The highest BCUT2D eigenvalue weighted by molar-refractivity contribution is 7.09. The van der Waals surface area contributed by atoms with Crippen molar-refractivity contribution in [3.8, 4) is 5.95 Å². The van der Waals surface area contributed by atoms with Crippen LogP contribution in [0.5, 0.6) is 0 Å². The molecule has 108 valence electrons. The van der Waals surface area contributed by atoms with E-state index in [1.165, 1.54) is 0 Å². The summed E-state index contributed by atoms with van der Waals surface area (Å²) in [6.07, 6.45) is 7.65. The summed E-state index contributed by atoms with van der Waals surface area (Å²) in [5.41, 5.74) is 5.75. The average molecular weight is 302 g/mol. The summed E-state index contributed by atoms with van der Waals surface area (Å²) in [6.45, 7) is 2.07. The fourth-order valence-electron chi connectivity index (χ4n) is 1.84. The normalized spacial score (nSPS) is 12.2. The maximum atomic E-state index is 5.75. The van der Waals surface area contributed by atoms with Gasteiger partial charge in [-0.25, -0.2) is 9.97 Å². The maximum absolute atomic E-state index is 5.75. The lowest BCUT2D eigenvalue weighted by molar-refractivity contribution is 0.728. The highest BCUT2D eigenvalue weighted by Gasteiger charge is 2.14. The minimum absolute atomic E-state index is 0.0439. The van der Waals surface area contributed by atoms with Crippen LogP contribution in [0, 0.1) is 0 Å². The molecule has 21 heavy (non-hydrogen) atoms. The Bertz CT molecular complexity index is 694. The van der Waals surface area contributed by atoms with Gasteiger partial charge in [0.05, 0.1) is 6.04 Å². The molecular formula is C12H14N8S. The molecule has 0 saturated heterocycles. The lowest BCUT2D eigenvalue weighted by Gasteiger charge is -2.14. The first-order chi connectivity index (χ1) is 10.3. The third kappa shape index (κ3) is 2.97. The third-order valence-electron chi connectivity index (χ3n) is 2.84. The van der Waals surface area contributed by atoms with E-state index in [0.29, 0.717) is 11.9 Å². The van der Waals surface area contributed by atoms with E-state index in [1.54, 1.807) is 40.8 Å². The predicted octanol–water partition coefficient (Wildman–Crippen LogP) is 1.66. The van der Waals surface area contributed by atoms with Crippen LogP contribution < -0.4 is 11.1 Å². The summed E-state index contributed by atoms with van der Waals surface area (Å²) >= 11 is 1.59. The molecular weight excluding hydrogens is 288 g/mol. The Balaban J connectivity index is 1.88. The molecule has 3 N–H and O–H groups in total. The van der Waals surface area contributed by atoms with Gasteiger partial charge in [0.25, 0.3) is 0 Å². The largest absolute Gasteiger partial charge is 0.368 e.